The van der Waals surface area contributed by atoms with Crippen molar-refractivity contribution in [2.45, 2.75) is 12.0 Å². The van der Waals surface area contributed by atoms with Crippen molar-refractivity contribution in [3.63, 3.8) is 0 Å². The van der Waals surface area contributed by atoms with Crippen molar-refractivity contribution in [2.24, 2.45) is 0 Å². The fourth-order valence-electron chi connectivity index (χ4n) is 3.66. The summed E-state index contributed by atoms with van der Waals surface area (Å²) in [4.78, 5) is 26.3. The highest BCUT2D eigenvalue weighted by Gasteiger charge is 2.38. The molecule has 1 aliphatic rings. The molecule has 0 aliphatic carbocycles. The standard InChI is InChI=1S/C23H18FNO3/c24-17-12-10-16(11-13-17)21(15-6-2-1-3-7-15)20(26)14-25-22(27)18-8-4-5-9-19(18)23(25)28/h1-13,20-21,26H,14H2/t20-,21+/m0/s1. The van der Waals surface area contributed by atoms with Crippen LogP contribution in [0.5, 0.6) is 0 Å². The molecule has 2 atom stereocenters. The number of nitrogens with zero attached hydrogens (tertiary/aromatic N) is 1. The van der Waals surface area contributed by atoms with E-state index in [1.807, 2.05) is 30.3 Å². The van der Waals surface area contributed by atoms with Crippen molar-refractivity contribution < 1.29 is 19.1 Å². The maximum absolute atomic E-state index is 13.4. The zero-order valence-corrected chi connectivity index (χ0v) is 15.0. The first-order valence-corrected chi connectivity index (χ1v) is 9.00. The molecule has 140 valence electrons. The number of carbonyl (C=O) groups is 2. The molecule has 1 aliphatic heterocycles. The Morgan fingerprint density at radius 3 is 1.82 bits per heavy atom. The lowest BCUT2D eigenvalue weighted by molar-refractivity contribution is 0.0523. The fraction of sp³-hybridized carbons (Fsp3) is 0.130. The Morgan fingerprint density at radius 1 is 0.750 bits per heavy atom. The van der Waals surface area contributed by atoms with E-state index in [0.29, 0.717) is 16.7 Å². The van der Waals surface area contributed by atoms with E-state index < -0.39 is 23.8 Å². The van der Waals surface area contributed by atoms with Crippen molar-refractivity contribution in [3.8, 4) is 0 Å². The van der Waals surface area contributed by atoms with Gasteiger partial charge in [-0.1, -0.05) is 54.6 Å². The van der Waals surface area contributed by atoms with E-state index in [2.05, 4.69) is 0 Å². The molecular formula is C23H18FNO3. The minimum Gasteiger partial charge on any atom is -0.390 e. The zero-order chi connectivity index (χ0) is 19.7. The van der Waals surface area contributed by atoms with Crippen LogP contribution in [0.3, 0.4) is 0 Å². The lowest BCUT2D eigenvalue weighted by atomic mass is 9.86. The second kappa shape index (κ2) is 7.37. The van der Waals surface area contributed by atoms with Gasteiger partial charge >= 0.3 is 0 Å². The van der Waals surface area contributed by atoms with Crippen LogP contribution in [0.4, 0.5) is 4.39 Å². The molecule has 3 aromatic rings. The lowest BCUT2D eigenvalue weighted by Gasteiger charge is -2.27. The molecule has 5 heteroatoms. The number of rotatable bonds is 5. The Labute approximate surface area is 161 Å². The largest absolute Gasteiger partial charge is 0.390 e. The predicted octanol–water partition coefficient (Wildman–Crippen LogP) is 3.61. The summed E-state index contributed by atoms with van der Waals surface area (Å²) in [5.74, 6) is -1.70. The molecule has 4 nitrogen and oxygen atoms in total. The number of benzene rings is 3. The zero-order valence-electron chi connectivity index (χ0n) is 15.0. The Morgan fingerprint density at radius 2 is 1.25 bits per heavy atom. The number of amides is 2. The first-order chi connectivity index (χ1) is 13.6. The van der Waals surface area contributed by atoms with Gasteiger partial charge in [-0.2, -0.15) is 0 Å². The summed E-state index contributed by atoms with van der Waals surface area (Å²) >= 11 is 0. The van der Waals surface area contributed by atoms with Crippen molar-refractivity contribution in [1.29, 1.82) is 0 Å². The van der Waals surface area contributed by atoms with Gasteiger partial charge in [-0.25, -0.2) is 4.39 Å². The molecular weight excluding hydrogens is 357 g/mol. The summed E-state index contributed by atoms with van der Waals surface area (Å²) in [7, 11) is 0. The number of halogens is 1. The van der Waals surface area contributed by atoms with Crippen LogP contribution in [-0.2, 0) is 0 Å². The van der Waals surface area contributed by atoms with E-state index in [9.17, 15) is 19.1 Å². The van der Waals surface area contributed by atoms with Crippen molar-refractivity contribution in [3.05, 3.63) is 107 Å². The molecule has 0 bridgehead atoms. The van der Waals surface area contributed by atoms with Gasteiger partial charge in [0.15, 0.2) is 0 Å². The third-order valence-electron chi connectivity index (χ3n) is 5.02. The summed E-state index contributed by atoms with van der Waals surface area (Å²) in [5, 5.41) is 11.0. The lowest BCUT2D eigenvalue weighted by Crippen LogP contribution is -2.39. The third kappa shape index (κ3) is 3.21. The number of hydrogen-bond donors (Lipinski definition) is 1. The average Bonchev–Trinajstić information content (AvgIpc) is 2.96. The van der Waals surface area contributed by atoms with Crippen LogP contribution in [-0.4, -0.2) is 34.5 Å². The summed E-state index contributed by atoms with van der Waals surface area (Å²) in [6.45, 7) is -0.150. The molecule has 3 aromatic carbocycles. The van der Waals surface area contributed by atoms with Gasteiger partial charge in [0.1, 0.15) is 5.82 Å². The summed E-state index contributed by atoms with van der Waals surface area (Å²) < 4.78 is 13.4. The molecule has 1 N–H and O–H groups in total. The summed E-state index contributed by atoms with van der Waals surface area (Å²) in [5.41, 5.74) is 2.21. The minimum absolute atomic E-state index is 0.150. The molecule has 0 spiro atoms. The van der Waals surface area contributed by atoms with Gasteiger partial charge in [-0.15, -0.1) is 0 Å². The molecule has 2 amide bonds. The van der Waals surface area contributed by atoms with E-state index in [4.69, 9.17) is 0 Å². The van der Waals surface area contributed by atoms with E-state index in [1.54, 1.807) is 36.4 Å². The van der Waals surface area contributed by atoms with Gasteiger partial charge in [0.25, 0.3) is 11.8 Å². The molecule has 0 saturated carbocycles. The molecule has 0 radical (unpaired) electrons. The summed E-state index contributed by atoms with van der Waals surface area (Å²) in [6, 6.07) is 21.8. The van der Waals surface area contributed by atoms with E-state index >= 15 is 0 Å². The van der Waals surface area contributed by atoms with Crippen LogP contribution in [0.2, 0.25) is 0 Å². The number of fused-ring (bicyclic) bond motifs is 1. The molecule has 4 rings (SSSR count). The number of β-amino-alcohol motifs (C(OH)–C–C–N with tert-alkyl or cyclic N) is 1. The van der Waals surface area contributed by atoms with Gasteiger partial charge in [-0.3, -0.25) is 14.5 Å². The van der Waals surface area contributed by atoms with Gasteiger partial charge in [-0.05, 0) is 35.4 Å². The monoisotopic (exact) mass is 375 g/mol. The Balaban J connectivity index is 1.65. The number of carbonyl (C=O) groups excluding carboxylic acids is 2. The van der Waals surface area contributed by atoms with Crippen LogP contribution in [0, 0.1) is 5.82 Å². The number of imide groups is 1. The van der Waals surface area contributed by atoms with Crippen LogP contribution < -0.4 is 0 Å². The average molecular weight is 375 g/mol. The van der Waals surface area contributed by atoms with Crippen molar-refractivity contribution >= 4 is 11.8 Å². The number of aliphatic hydroxyl groups is 1. The topological polar surface area (TPSA) is 57.6 Å². The van der Waals surface area contributed by atoms with Crippen LogP contribution in [0.15, 0.2) is 78.9 Å². The normalized spacial score (nSPS) is 15.4. The van der Waals surface area contributed by atoms with E-state index in [-0.39, 0.29) is 12.4 Å². The summed E-state index contributed by atoms with van der Waals surface area (Å²) in [6.07, 6.45) is -1.05. The first kappa shape index (κ1) is 18.1. The SMILES string of the molecule is O=C1c2ccccc2C(=O)N1C[C@H](O)[C@H](c1ccccc1)c1ccc(F)cc1. The Bertz CT molecular complexity index is 983. The molecule has 28 heavy (non-hydrogen) atoms. The van der Waals surface area contributed by atoms with Crippen LogP contribution >= 0.6 is 0 Å². The predicted molar refractivity (Wildman–Crippen MR) is 103 cm³/mol. The second-order valence-corrected chi connectivity index (χ2v) is 6.77. The van der Waals surface area contributed by atoms with Gasteiger partial charge in [0.2, 0.25) is 0 Å². The van der Waals surface area contributed by atoms with Crippen LogP contribution in [0.25, 0.3) is 0 Å². The smallest absolute Gasteiger partial charge is 0.261 e. The van der Waals surface area contributed by atoms with E-state index in [0.717, 1.165) is 10.5 Å². The second-order valence-electron chi connectivity index (χ2n) is 6.77. The Hall–Kier alpha value is -3.31. The highest BCUT2D eigenvalue weighted by molar-refractivity contribution is 6.21. The maximum Gasteiger partial charge on any atom is 0.261 e. The van der Waals surface area contributed by atoms with Crippen molar-refractivity contribution in [1.82, 2.24) is 4.90 Å². The van der Waals surface area contributed by atoms with Gasteiger partial charge < -0.3 is 5.11 Å². The number of hydrogen-bond acceptors (Lipinski definition) is 3. The molecule has 0 aromatic heterocycles. The van der Waals surface area contributed by atoms with Crippen molar-refractivity contribution in [2.75, 3.05) is 6.54 Å². The molecule has 0 fully saturated rings. The quantitative estimate of drug-likeness (QED) is 0.693. The Kier molecular flexibility index (Phi) is 4.75. The highest BCUT2D eigenvalue weighted by Crippen LogP contribution is 2.31. The third-order valence-corrected chi connectivity index (χ3v) is 5.02. The fourth-order valence-corrected chi connectivity index (χ4v) is 3.66. The van der Waals surface area contributed by atoms with E-state index in [1.165, 1.54) is 12.1 Å². The highest BCUT2D eigenvalue weighted by atomic mass is 19.1. The minimum atomic E-state index is -1.05. The first-order valence-electron chi connectivity index (χ1n) is 9.00. The number of aliphatic hydroxyl groups excluding tert-OH is 1. The van der Waals surface area contributed by atoms with Gasteiger partial charge in [0, 0.05) is 5.92 Å². The maximum atomic E-state index is 13.4. The van der Waals surface area contributed by atoms with Crippen LogP contribution in [0.1, 0.15) is 37.8 Å². The molecule has 1 heterocycles. The molecule has 0 saturated heterocycles. The molecule has 0 unspecified atom stereocenters. The van der Waals surface area contributed by atoms with Gasteiger partial charge in [0.05, 0.1) is 23.8 Å².